The van der Waals surface area contributed by atoms with Gasteiger partial charge in [0.05, 0.1) is 11.7 Å². The quantitative estimate of drug-likeness (QED) is 0.484. The summed E-state index contributed by atoms with van der Waals surface area (Å²) in [5.41, 5.74) is 0.562. The second kappa shape index (κ2) is 6.81. The molecule has 0 bridgehead atoms. The van der Waals surface area contributed by atoms with E-state index in [0.29, 0.717) is 16.0 Å². The van der Waals surface area contributed by atoms with E-state index >= 15 is 0 Å². The van der Waals surface area contributed by atoms with Crippen molar-refractivity contribution in [1.82, 2.24) is 19.7 Å². The maximum Gasteiger partial charge on any atom is 0.326 e. The van der Waals surface area contributed by atoms with Gasteiger partial charge < -0.3 is 9.26 Å². The highest BCUT2D eigenvalue weighted by Crippen LogP contribution is 2.33. The Morgan fingerprint density at radius 2 is 2.27 bits per heavy atom. The van der Waals surface area contributed by atoms with Crippen molar-refractivity contribution in [3.05, 3.63) is 51.3 Å². The molecule has 4 rings (SSSR count). The fourth-order valence-corrected chi connectivity index (χ4v) is 4.14. The topological polar surface area (TPSA) is 100 Å². The van der Waals surface area contributed by atoms with Crippen LogP contribution in [0.15, 0.2) is 38.5 Å². The van der Waals surface area contributed by atoms with Crippen LogP contribution in [-0.4, -0.2) is 25.7 Å². The molecule has 132 valence electrons. The van der Waals surface area contributed by atoms with Gasteiger partial charge in [-0.2, -0.15) is 4.98 Å². The van der Waals surface area contributed by atoms with Gasteiger partial charge in [-0.25, -0.2) is 4.98 Å². The molecule has 0 saturated heterocycles. The maximum absolute atomic E-state index is 12.8. The third kappa shape index (κ3) is 3.16. The van der Waals surface area contributed by atoms with Crippen LogP contribution in [0.2, 0.25) is 0 Å². The van der Waals surface area contributed by atoms with Crippen molar-refractivity contribution >= 4 is 38.9 Å². The molecule has 0 aliphatic carbocycles. The van der Waals surface area contributed by atoms with E-state index in [1.807, 2.05) is 22.9 Å². The van der Waals surface area contributed by atoms with Crippen LogP contribution in [0.1, 0.15) is 11.7 Å². The number of aryl methyl sites for hydroxylation is 1. The van der Waals surface area contributed by atoms with Crippen molar-refractivity contribution in [2.24, 2.45) is 0 Å². The Morgan fingerprint density at radius 3 is 3.00 bits per heavy atom. The van der Waals surface area contributed by atoms with E-state index in [0.717, 1.165) is 10.4 Å². The third-order valence-electron chi connectivity index (χ3n) is 3.57. The van der Waals surface area contributed by atoms with E-state index in [-0.39, 0.29) is 24.6 Å². The zero-order chi connectivity index (χ0) is 18.1. The Labute approximate surface area is 154 Å². The normalized spacial score (nSPS) is 11.1. The molecule has 0 aliphatic heterocycles. The van der Waals surface area contributed by atoms with Crippen molar-refractivity contribution in [3.63, 3.8) is 0 Å². The lowest BCUT2D eigenvalue weighted by Crippen LogP contribution is -2.25. The first-order valence-corrected chi connectivity index (χ1v) is 9.33. The highest BCUT2D eigenvalue weighted by molar-refractivity contribution is 7.18. The Balaban J connectivity index is 1.57. The van der Waals surface area contributed by atoms with Crippen LogP contribution in [0.4, 0.5) is 0 Å². The number of carbonyl (C=O) groups is 1. The number of ether oxygens (including phenoxy) is 1. The summed E-state index contributed by atoms with van der Waals surface area (Å²) >= 11 is 2.95. The van der Waals surface area contributed by atoms with Crippen LogP contribution in [0.5, 0.6) is 0 Å². The largest absolute Gasteiger partial charge is 0.454 e. The van der Waals surface area contributed by atoms with Gasteiger partial charge in [-0.15, -0.1) is 22.7 Å². The number of hydrogen-bond acceptors (Lipinski definition) is 9. The molecule has 0 amide bonds. The van der Waals surface area contributed by atoms with Gasteiger partial charge >= 0.3 is 5.97 Å². The Hall–Kier alpha value is -2.85. The number of esters is 1. The number of hydrogen-bond donors (Lipinski definition) is 0. The average Bonchev–Trinajstić information content (AvgIpc) is 3.35. The van der Waals surface area contributed by atoms with Crippen molar-refractivity contribution in [1.29, 1.82) is 0 Å². The molecular weight excluding hydrogens is 376 g/mol. The SMILES string of the molecule is Cc1noc(COC(=O)Cn2cnc3scc(-c4cccs4)c3c2=O)n1. The molecule has 0 N–H and O–H groups in total. The van der Waals surface area contributed by atoms with Gasteiger partial charge in [0.2, 0.25) is 0 Å². The fourth-order valence-electron chi connectivity index (χ4n) is 2.42. The zero-order valence-corrected chi connectivity index (χ0v) is 15.2. The van der Waals surface area contributed by atoms with Crippen LogP contribution < -0.4 is 5.56 Å². The van der Waals surface area contributed by atoms with Gasteiger partial charge in [-0.05, 0) is 18.4 Å². The summed E-state index contributed by atoms with van der Waals surface area (Å²) in [6, 6.07) is 3.87. The van der Waals surface area contributed by atoms with E-state index in [1.54, 1.807) is 18.3 Å². The molecule has 26 heavy (non-hydrogen) atoms. The number of aromatic nitrogens is 4. The molecule has 0 fully saturated rings. The van der Waals surface area contributed by atoms with Crippen molar-refractivity contribution in [2.45, 2.75) is 20.1 Å². The molecule has 0 unspecified atom stereocenters. The monoisotopic (exact) mass is 388 g/mol. The second-order valence-electron chi connectivity index (χ2n) is 5.38. The van der Waals surface area contributed by atoms with Crippen LogP contribution >= 0.6 is 22.7 Å². The van der Waals surface area contributed by atoms with Gasteiger partial charge in [0, 0.05) is 15.8 Å². The fraction of sp³-hybridized carbons (Fsp3) is 0.188. The number of rotatable bonds is 5. The first-order valence-electron chi connectivity index (χ1n) is 7.57. The van der Waals surface area contributed by atoms with Gasteiger partial charge in [0.25, 0.3) is 11.4 Å². The molecule has 0 saturated carbocycles. The summed E-state index contributed by atoms with van der Waals surface area (Å²) < 4.78 is 11.2. The molecule has 0 aliphatic rings. The van der Waals surface area contributed by atoms with E-state index in [9.17, 15) is 9.59 Å². The Morgan fingerprint density at radius 1 is 1.38 bits per heavy atom. The van der Waals surface area contributed by atoms with Gasteiger partial charge in [0.1, 0.15) is 11.4 Å². The predicted molar refractivity (Wildman–Crippen MR) is 96.0 cm³/mol. The maximum atomic E-state index is 12.8. The van der Waals surface area contributed by atoms with Gasteiger partial charge in [-0.1, -0.05) is 11.2 Å². The highest BCUT2D eigenvalue weighted by atomic mass is 32.1. The third-order valence-corrected chi connectivity index (χ3v) is 5.36. The van der Waals surface area contributed by atoms with Crippen LogP contribution in [0.3, 0.4) is 0 Å². The Bertz CT molecular complexity index is 1130. The molecule has 8 nitrogen and oxygen atoms in total. The van der Waals surface area contributed by atoms with E-state index < -0.39 is 5.97 Å². The average molecular weight is 388 g/mol. The summed E-state index contributed by atoms with van der Waals surface area (Å²) in [5.74, 6) is 0.0760. The molecule has 0 spiro atoms. The number of thiophene rings is 2. The van der Waals surface area contributed by atoms with Crippen molar-refractivity contribution < 1.29 is 14.1 Å². The first kappa shape index (κ1) is 16.6. The minimum Gasteiger partial charge on any atom is -0.454 e. The summed E-state index contributed by atoms with van der Waals surface area (Å²) in [6.45, 7) is 1.29. The predicted octanol–water partition coefficient (Wildman–Crippen LogP) is 2.62. The second-order valence-corrected chi connectivity index (χ2v) is 7.19. The minimum atomic E-state index is -0.586. The lowest BCUT2D eigenvalue weighted by Gasteiger charge is -2.05. The van der Waals surface area contributed by atoms with Crippen LogP contribution in [0, 0.1) is 6.92 Å². The molecule has 10 heteroatoms. The van der Waals surface area contributed by atoms with Gasteiger partial charge in [-0.3, -0.25) is 14.2 Å². The van der Waals surface area contributed by atoms with Crippen molar-refractivity contribution in [2.75, 3.05) is 0 Å². The molecule has 4 heterocycles. The number of carbonyl (C=O) groups excluding carboxylic acids is 1. The molecule has 0 radical (unpaired) electrons. The number of nitrogens with zero attached hydrogens (tertiary/aromatic N) is 4. The standard InChI is InChI=1S/C16H12N4O4S2/c1-9-18-12(24-19-9)6-23-13(21)5-20-8-17-15-14(16(20)22)10(7-26-15)11-3-2-4-25-11/h2-4,7-8H,5-6H2,1H3. The smallest absolute Gasteiger partial charge is 0.326 e. The molecule has 4 aromatic heterocycles. The van der Waals surface area contributed by atoms with Gasteiger partial charge in [0.15, 0.2) is 12.4 Å². The first-order chi connectivity index (χ1) is 12.6. The molecular formula is C16H12N4O4S2. The molecule has 4 aromatic rings. The van der Waals surface area contributed by atoms with Crippen LogP contribution in [0.25, 0.3) is 20.7 Å². The minimum absolute atomic E-state index is 0.136. The van der Waals surface area contributed by atoms with E-state index in [2.05, 4.69) is 15.1 Å². The van der Waals surface area contributed by atoms with E-state index in [1.165, 1.54) is 22.2 Å². The van der Waals surface area contributed by atoms with Crippen molar-refractivity contribution in [3.8, 4) is 10.4 Å². The molecule has 0 atom stereocenters. The summed E-state index contributed by atoms with van der Waals surface area (Å²) in [6.07, 6.45) is 1.36. The highest BCUT2D eigenvalue weighted by Gasteiger charge is 2.16. The number of fused-ring (bicyclic) bond motifs is 1. The summed E-state index contributed by atoms with van der Waals surface area (Å²) in [4.78, 5) is 34.7. The lowest BCUT2D eigenvalue weighted by molar-refractivity contribution is -0.146. The molecule has 0 aromatic carbocycles. The van der Waals surface area contributed by atoms with Crippen LogP contribution in [-0.2, 0) is 22.7 Å². The summed E-state index contributed by atoms with van der Waals surface area (Å²) in [7, 11) is 0. The Kier molecular flexibility index (Phi) is 4.35. The zero-order valence-electron chi connectivity index (χ0n) is 13.5. The summed E-state index contributed by atoms with van der Waals surface area (Å²) in [5, 5.41) is 7.99. The lowest BCUT2D eigenvalue weighted by atomic mass is 10.2. The van der Waals surface area contributed by atoms with E-state index in [4.69, 9.17) is 9.26 Å².